The van der Waals surface area contributed by atoms with Gasteiger partial charge in [-0.1, -0.05) is 12.1 Å². The number of nitrogens with one attached hydrogen (secondary N) is 1. The Hall–Kier alpha value is -1.53. The maximum atomic E-state index is 5.95. The smallest absolute Gasteiger partial charge is 0.487 e. The van der Waals surface area contributed by atoms with Crippen LogP contribution in [0.15, 0.2) is 18.4 Å². The van der Waals surface area contributed by atoms with E-state index in [0.717, 1.165) is 23.5 Å². The van der Waals surface area contributed by atoms with Gasteiger partial charge < -0.3 is 19.4 Å². The third-order valence-electron chi connectivity index (χ3n) is 4.31. The minimum Gasteiger partial charge on any atom is -0.488 e. The summed E-state index contributed by atoms with van der Waals surface area (Å²) < 4.78 is 17.5. The largest absolute Gasteiger partial charge is 0.488 e. The Labute approximate surface area is 125 Å². The lowest BCUT2D eigenvalue weighted by molar-refractivity contribution is 0.00578. The molecule has 21 heavy (non-hydrogen) atoms. The summed E-state index contributed by atoms with van der Waals surface area (Å²) in [6.45, 7) is 9.64. The molecular formula is C15H21BN2O3. The van der Waals surface area contributed by atoms with Crippen LogP contribution in [0, 0.1) is 0 Å². The molecule has 0 bridgehead atoms. The molecule has 2 aliphatic rings. The van der Waals surface area contributed by atoms with Gasteiger partial charge in [-0.15, -0.1) is 0 Å². The van der Waals surface area contributed by atoms with E-state index in [1.54, 1.807) is 6.20 Å². The Morgan fingerprint density at radius 1 is 1.19 bits per heavy atom. The van der Waals surface area contributed by atoms with Gasteiger partial charge in [0.2, 0.25) is 0 Å². The number of nitrogens with zero attached hydrogens (tertiary/aromatic N) is 1. The molecule has 2 aliphatic heterocycles. The highest BCUT2D eigenvalue weighted by Crippen LogP contribution is 2.37. The maximum Gasteiger partial charge on any atom is 0.487 e. The molecule has 0 saturated carbocycles. The van der Waals surface area contributed by atoms with Crippen molar-refractivity contribution in [1.82, 2.24) is 4.98 Å². The van der Waals surface area contributed by atoms with E-state index in [1.807, 2.05) is 45.9 Å². The summed E-state index contributed by atoms with van der Waals surface area (Å²) in [5.41, 5.74) is 1.31. The van der Waals surface area contributed by atoms with Gasteiger partial charge in [0.25, 0.3) is 0 Å². The number of aromatic nitrogens is 1. The Bertz CT molecular complexity index is 556. The van der Waals surface area contributed by atoms with Crippen LogP contribution >= 0.6 is 0 Å². The zero-order chi connectivity index (χ0) is 15.1. The molecule has 5 nitrogen and oxygen atoms in total. The lowest BCUT2D eigenvalue weighted by Gasteiger charge is -2.32. The summed E-state index contributed by atoms with van der Waals surface area (Å²) in [6.07, 6.45) is 5.51. The van der Waals surface area contributed by atoms with Gasteiger partial charge in [-0.3, -0.25) is 4.98 Å². The first-order chi connectivity index (χ1) is 9.89. The van der Waals surface area contributed by atoms with Gasteiger partial charge in [0.1, 0.15) is 6.61 Å². The van der Waals surface area contributed by atoms with Gasteiger partial charge in [0.05, 0.1) is 23.1 Å². The number of fused-ring (bicyclic) bond motifs is 1. The fourth-order valence-electron chi connectivity index (χ4n) is 2.37. The third-order valence-corrected chi connectivity index (χ3v) is 4.31. The first-order valence-corrected chi connectivity index (χ1v) is 7.28. The van der Waals surface area contributed by atoms with Crippen molar-refractivity contribution >= 4 is 18.9 Å². The van der Waals surface area contributed by atoms with Crippen LogP contribution in [-0.4, -0.2) is 36.5 Å². The Kier molecular flexibility index (Phi) is 3.46. The van der Waals surface area contributed by atoms with E-state index >= 15 is 0 Å². The molecule has 0 atom stereocenters. The molecule has 0 unspecified atom stereocenters. The zero-order valence-electron chi connectivity index (χ0n) is 13.0. The number of hydrogen-bond acceptors (Lipinski definition) is 5. The minimum atomic E-state index is -0.352. The van der Waals surface area contributed by atoms with Crippen molar-refractivity contribution in [3.8, 4) is 5.75 Å². The van der Waals surface area contributed by atoms with Crippen molar-refractivity contribution < 1.29 is 14.0 Å². The quantitative estimate of drug-likeness (QED) is 0.847. The van der Waals surface area contributed by atoms with Gasteiger partial charge in [-0.2, -0.15) is 0 Å². The van der Waals surface area contributed by atoms with Crippen molar-refractivity contribution in [3.05, 3.63) is 23.9 Å². The van der Waals surface area contributed by atoms with Crippen LogP contribution in [0.2, 0.25) is 0 Å². The number of anilines is 1. The number of ether oxygens (including phenoxy) is 1. The highest BCUT2D eigenvalue weighted by Gasteiger charge is 2.50. The summed E-state index contributed by atoms with van der Waals surface area (Å²) in [6, 6.07) is 0. The summed E-state index contributed by atoms with van der Waals surface area (Å²) in [7, 11) is -0.352. The summed E-state index contributed by atoms with van der Waals surface area (Å²) in [4.78, 5) is 4.20. The SMILES string of the molecule is CC1(C)OB(/C=C/c2cncc3c2NCCO3)OC1(C)C. The molecule has 1 N–H and O–H groups in total. The molecule has 3 heterocycles. The van der Waals surface area contributed by atoms with E-state index in [2.05, 4.69) is 10.3 Å². The van der Waals surface area contributed by atoms with Gasteiger partial charge in [-0.25, -0.2) is 0 Å². The van der Waals surface area contributed by atoms with Crippen molar-refractivity contribution in [2.45, 2.75) is 38.9 Å². The molecule has 0 amide bonds. The molecule has 0 aliphatic carbocycles. The van der Waals surface area contributed by atoms with Crippen LogP contribution in [0.4, 0.5) is 5.69 Å². The second-order valence-electron chi connectivity index (χ2n) is 6.36. The van der Waals surface area contributed by atoms with Crippen LogP contribution < -0.4 is 10.1 Å². The van der Waals surface area contributed by atoms with Crippen molar-refractivity contribution in [2.24, 2.45) is 0 Å². The molecule has 112 valence electrons. The van der Waals surface area contributed by atoms with E-state index in [1.165, 1.54) is 0 Å². The summed E-state index contributed by atoms with van der Waals surface area (Å²) in [5.74, 6) is 2.71. The monoisotopic (exact) mass is 288 g/mol. The van der Waals surface area contributed by atoms with Crippen LogP contribution in [0.25, 0.3) is 6.08 Å². The molecule has 1 fully saturated rings. The predicted octanol–water partition coefficient (Wildman–Crippen LogP) is 2.53. The lowest BCUT2D eigenvalue weighted by atomic mass is 9.89. The molecule has 1 saturated heterocycles. The fraction of sp³-hybridized carbons (Fsp3) is 0.533. The van der Waals surface area contributed by atoms with Gasteiger partial charge in [-0.05, 0) is 27.7 Å². The number of rotatable bonds is 2. The van der Waals surface area contributed by atoms with Crippen molar-refractivity contribution in [3.63, 3.8) is 0 Å². The van der Waals surface area contributed by atoms with Crippen LogP contribution in [0.1, 0.15) is 33.3 Å². The number of hydrogen-bond donors (Lipinski definition) is 1. The first-order valence-electron chi connectivity index (χ1n) is 7.28. The van der Waals surface area contributed by atoms with E-state index in [9.17, 15) is 0 Å². The molecule has 0 radical (unpaired) electrons. The normalized spacial score (nSPS) is 22.8. The van der Waals surface area contributed by atoms with Gasteiger partial charge in [0, 0.05) is 18.3 Å². The highest BCUT2D eigenvalue weighted by atomic mass is 16.7. The summed E-state index contributed by atoms with van der Waals surface area (Å²) >= 11 is 0. The van der Waals surface area contributed by atoms with Gasteiger partial charge in [0.15, 0.2) is 5.75 Å². The third kappa shape index (κ3) is 2.65. The topological polar surface area (TPSA) is 52.6 Å². The Morgan fingerprint density at radius 3 is 2.62 bits per heavy atom. The van der Waals surface area contributed by atoms with Gasteiger partial charge >= 0.3 is 7.12 Å². The average Bonchev–Trinajstić information content (AvgIpc) is 2.64. The Balaban J connectivity index is 1.79. The van der Waals surface area contributed by atoms with Crippen LogP contribution in [0.3, 0.4) is 0 Å². The highest BCUT2D eigenvalue weighted by molar-refractivity contribution is 6.52. The molecule has 3 rings (SSSR count). The van der Waals surface area contributed by atoms with E-state index < -0.39 is 0 Å². The van der Waals surface area contributed by atoms with Crippen molar-refractivity contribution in [2.75, 3.05) is 18.5 Å². The standard InChI is InChI=1S/C15H21BN2O3/c1-14(2)15(3,4)21-16(20-14)6-5-11-9-17-10-12-13(11)18-7-8-19-12/h5-6,9-10,18H,7-8H2,1-4H3/b6-5+. The van der Waals surface area contributed by atoms with E-state index in [4.69, 9.17) is 14.0 Å². The number of pyridine rings is 1. The molecule has 1 aromatic heterocycles. The van der Waals surface area contributed by atoms with Crippen molar-refractivity contribution in [1.29, 1.82) is 0 Å². The van der Waals surface area contributed by atoms with Crippen LogP contribution in [0.5, 0.6) is 5.75 Å². The molecular weight excluding hydrogens is 267 g/mol. The average molecular weight is 288 g/mol. The Morgan fingerprint density at radius 2 is 1.90 bits per heavy atom. The summed E-state index contributed by atoms with van der Waals surface area (Å²) in [5, 5.41) is 3.34. The first kappa shape index (κ1) is 14.4. The molecule has 0 spiro atoms. The predicted molar refractivity (Wildman–Crippen MR) is 83.3 cm³/mol. The minimum absolute atomic E-state index is 0.322. The molecule has 6 heteroatoms. The fourth-order valence-corrected chi connectivity index (χ4v) is 2.37. The molecule has 0 aromatic carbocycles. The van der Waals surface area contributed by atoms with E-state index in [0.29, 0.717) is 6.61 Å². The second kappa shape index (κ2) is 5.03. The maximum absolute atomic E-state index is 5.95. The van der Waals surface area contributed by atoms with Crippen LogP contribution in [-0.2, 0) is 9.31 Å². The van der Waals surface area contributed by atoms with E-state index in [-0.39, 0.29) is 18.3 Å². The zero-order valence-corrected chi connectivity index (χ0v) is 13.0. The molecule has 1 aromatic rings. The second-order valence-corrected chi connectivity index (χ2v) is 6.36. The lowest BCUT2D eigenvalue weighted by Crippen LogP contribution is -2.41.